The normalized spacial score (nSPS) is 11.5. The van der Waals surface area contributed by atoms with Crippen LogP contribution in [-0.2, 0) is 6.42 Å². The molecule has 2 atom stereocenters. The predicted molar refractivity (Wildman–Crippen MR) is 121 cm³/mol. The summed E-state index contributed by atoms with van der Waals surface area (Å²) in [4.78, 5) is 0. The number of nitrogens with zero attached hydrogens (tertiary/aromatic N) is 1. The molecule has 0 amide bonds. The molecule has 0 saturated carbocycles. The summed E-state index contributed by atoms with van der Waals surface area (Å²) in [5.74, 6) is 0. The van der Waals surface area contributed by atoms with Crippen molar-refractivity contribution in [1.29, 1.82) is 0 Å². The average Bonchev–Trinajstić information content (AvgIpc) is 2.63. The van der Waals surface area contributed by atoms with Crippen LogP contribution in [0.5, 0.6) is 0 Å². The fourth-order valence-electron chi connectivity index (χ4n) is 3.11. The highest BCUT2D eigenvalue weighted by molar-refractivity contribution is 7.67. The third-order valence-electron chi connectivity index (χ3n) is 4.18. The summed E-state index contributed by atoms with van der Waals surface area (Å²) < 4.78 is 2.55. The summed E-state index contributed by atoms with van der Waals surface area (Å²) in [6.45, 7) is 8.33. The van der Waals surface area contributed by atoms with Gasteiger partial charge in [-0.2, -0.15) is 0 Å². The van der Waals surface area contributed by atoms with E-state index in [0.717, 1.165) is 6.42 Å². The van der Waals surface area contributed by atoms with E-state index in [-0.39, 0.29) is 0 Å². The van der Waals surface area contributed by atoms with Gasteiger partial charge in [-0.15, -0.1) is 6.58 Å². The van der Waals surface area contributed by atoms with E-state index >= 15 is 0 Å². The van der Waals surface area contributed by atoms with Crippen LogP contribution in [0.25, 0.3) is 0 Å². The first kappa shape index (κ1) is 18.8. The number of benzene rings is 3. The van der Waals surface area contributed by atoms with Crippen molar-refractivity contribution >= 4 is 33.8 Å². The first-order chi connectivity index (χ1) is 12.7. The highest BCUT2D eigenvalue weighted by atomic mass is 31.1. The lowest BCUT2D eigenvalue weighted by atomic mass is 10.0. The molecule has 0 aliphatic rings. The van der Waals surface area contributed by atoms with Crippen LogP contribution in [0.15, 0.2) is 85.5 Å². The predicted octanol–water partition coefficient (Wildman–Crippen LogP) is 5.68. The molecule has 132 valence electrons. The number of hydrogen-bond donors (Lipinski definition) is 0. The second-order valence-electron chi connectivity index (χ2n) is 6.36. The van der Waals surface area contributed by atoms with Gasteiger partial charge < -0.3 is 4.44 Å². The highest BCUT2D eigenvalue weighted by Gasteiger charge is 2.15. The zero-order valence-electron chi connectivity index (χ0n) is 15.4. The Kier molecular flexibility index (Phi) is 6.62. The van der Waals surface area contributed by atoms with E-state index in [0.29, 0.717) is 17.5 Å². The molecule has 3 heteroatoms. The van der Waals surface area contributed by atoms with E-state index in [1.54, 1.807) is 0 Å². The van der Waals surface area contributed by atoms with E-state index in [4.69, 9.17) is 0 Å². The quantitative estimate of drug-likeness (QED) is 0.378. The Labute approximate surface area is 160 Å². The van der Waals surface area contributed by atoms with Crippen LogP contribution in [0.4, 0.5) is 5.69 Å². The van der Waals surface area contributed by atoms with Gasteiger partial charge in [0.2, 0.25) is 0 Å². The smallest absolute Gasteiger partial charge is 0.0493 e. The Hall–Kier alpha value is -1.94. The second kappa shape index (κ2) is 9.13. The van der Waals surface area contributed by atoms with Crippen molar-refractivity contribution in [3.05, 3.63) is 102 Å². The van der Waals surface area contributed by atoms with Crippen molar-refractivity contribution in [2.75, 3.05) is 4.44 Å². The maximum Gasteiger partial charge on any atom is 0.0493 e. The maximum atomic E-state index is 3.88. The lowest BCUT2D eigenvalue weighted by Gasteiger charge is -2.28. The molecule has 0 aliphatic carbocycles. The van der Waals surface area contributed by atoms with Gasteiger partial charge in [0.05, 0.1) is 0 Å². The maximum absolute atomic E-state index is 3.88. The average molecular weight is 377 g/mol. The van der Waals surface area contributed by atoms with Gasteiger partial charge in [-0.25, -0.2) is 0 Å². The van der Waals surface area contributed by atoms with Gasteiger partial charge in [-0.05, 0) is 47.6 Å². The van der Waals surface area contributed by atoms with Gasteiger partial charge in [0, 0.05) is 23.2 Å². The first-order valence-electron chi connectivity index (χ1n) is 8.82. The molecule has 3 aromatic rings. The number of hydrogen-bond acceptors (Lipinski definition) is 1. The molecule has 0 saturated heterocycles. The van der Waals surface area contributed by atoms with Crippen molar-refractivity contribution in [2.24, 2.45) is 0 Å². The molecular weight excluding hydrogens is 352 g/mol. The van der Waals surface area contributed by atoms with Crippen LogP contribution >= 0.6 is 17.5 Å². The van der Waals surface area contributed by atoms with E-state index in [1.807, 2.05) is 6.08 Å². The zero-order chi connectivity index (χ0) is 18.4. The topological polar surface area (TPSA) is 3.24 Å². The number of rotatable bonds is 7. The lowest BCUT2D eigenvalue weighted by Crippen LogP contribution is -2.13. The van der Waals surface area contributed by atoms with Crippen LogP contribution in [0.3, 0.4) is 0 Å². The van der Waals surface area contributed by atoms with E-state index in [2.05, 4.69) is 97.7 Å². The fourth-order valence-corrected chi connectivity index (χ4v) is 6.23. The largest absolute Gasteiger partial charge is 0.326 e. The molecule has 26 heavy (non-hydrogen) atoms. The van der Waals surface area contributed by atoms with Crippen molar-refractivity contribution in [1.82, 2.24) is 0 Å². The van der Waals surface area contributed by atoms with E-state index in [1.165, 1.54) is 33.0 Å². The van der Waals surface area contributed by atoms with Crippen molar-refractivity contribution < 1.29 is 0 Å². The molecule has 0 spiro atoms. The van der Waals surface area contributed by atoms with Gasteiger partial charge in [0.1, 0.15) is 0 Å². The Morgan fingerprint density at radius 2 is 1.27 bits per heavy atom. The third kappa shape index (κ3) is 4.82. The van der Waals surface area contributed by atoms with Crippen LogP contribution in [-0.4, -0.2) is 0 Å². The summed E-state index contributed by atoms with van der Waals surface area (Å²) >= 11 is 0. The molecule has 0 aliphatic heterocycles. The SMILES string of the molecule is C=CCc1cc(C)c(N(Pc2ccccc2)Pc2ccccc2)c(C)c1. The first-order valence-corrected chi connectivity index (χ1v) is 10.7. The lowest BCUT2D eigenvalue weighted by molar-refractivity contribution is 1.22. The van der Waals surface area contributed by atoms with E-state index in [9.17, 15) is 0 Å². The Balaban J connectivity index is 1.98. The number of allylic oxidation sites excluding steroid dienone is 1. The number of anilines is 1. The van der Waals surface area contributed by atoms with Crippen LogP contribution in [0.1, 0.15) is 16.7 Å². The molecular formula is C23H25NP2. The number of aryl methyl sites for hydroxylation is 2. The molecule has 0 bridgehead atoms. The Bertz CT molecular complexity index is 795. The summed E-state index contributed by atoms with van der Waals surface area (Å²) in [7, 11) is 1.23. The van der Waals surface area contributed by atoms with Crippen LogP contribution < -0.4 is 15.1 Å². The molecule has 3 aromatic carbocycles. The van der Waals surface area contributed by atoms with Gasteiger partial charge >= 0.3 is 0 Å². The van der Waals surface area contributed by atoms with Crippen molar-refractivity contribution in [2.45, 2.75) is 20.3 Å². The monoisotopic (exact) mass is 377 g/mol. The molecule has 0 N–H and O–H groups in total. The standard InChI is InChI=1S/C23H25NP2/c1-4-11-20-16-18(2)23(19(3)17-20)24(25-21-12-7-5-8-13-21)26-22-14-9-6-10-15-22/h4-10,12-17,25-26H,1,11H2,2-3H3. The molecule has 0 heterocycles. The van der Waals surface area contributed by atoms with Crippen molar-refractivity contribution in [3.8, 4) is 0 Å². The minimum atomic E-state index is 0.615. The van der Waals surface area contributed by atoms with E-state index < -0.39 is 0 Å². The summed E-state index contributed by atoms with van der Waals surface area (Å²) in [5, 5.41) is 2.73. The van der Waals surface area contributed by atoms with Crippen LogP contribution in [0.2, 0.25) is 0 Å². The van der Waals surface area contributed by atoms with Gasteiger partial charge in [0.25, 0.3) is 0 Å². The fraction of sp³-hybridized carbons (Fsp3) is 0.130. The van der Waals surface area contributed by atoms with Gasteiger partial charge in [-0.1, -0.05) is 78.9 Å². The summed E-state index contributed by atoms with van der Waals surface area (Å²) in [5.41, 5.74) is 5.38. The molecule has 1 nitrogen and oxygen atoms in total. The highest BCUT2D eigenvalue weighted by Crippen LogP contribution is 2.41. The van der Waals surface area contributed by atoms with Crippen LogP contribution in [0, 0.1) is 13.8 Å². The Morgan fingerprint density at radius 1 is 0.808 bits per heavy atom. The zero-order valence-corrected chi connectivity index (χ0v) is 17.4. The Morgan fingerprint density at radius 3 is 1.69 bits per heavy atom. The third-order valence-corrected chi connectivity index (χ3v) is 6.93. The molecule has 3 rings (SSSR count). The molecule has 0 fully saturated rings. The van der Waals surface area contributed by atoms with Gasteiger partial charge in [0.15, 0.2) is 0 Å². The minimum Gasteiger partial charge on any atom is -0.326 e. The van der Waals surface area contributed by atoms with Gasteiger partial charge in [-0.3, -0.25) is 0 Å². The summed E-state index contributed by atoms with van der Waals surface area (Å²) in [6, 6.07) is 26.2. The molecule has 0 aromatic heterocycles. The summed E-state index contributed by atoms with van der Waals surface area (Å²) in [6.07, 6.45) is 2.90. The minimum absolute atomic E-state index is 0.615. The second-order valence-corrected chi connectivity index (χ2v) is 9.31. The molecule has 0 radical (unpaired) electrons. The van der Waals surface area contributed by atoms with Crippen molar-refractivity contribution in [3.63, 3.8) is 0 Å². The molecule has 2 unspecified atom stereocenters.